The molecule has 6 N–H and O–H groups in total. The van der Waals surface area contributed by atoms with E-state index in [4.69, 9.17) is 9.47 Å². The van der Waals surface area contributed by atoms with E-state index >= 15 is 0 Å². The van der Waals surface area contributed by atoms with E-state index in [2.05, 4.69) is 33.4 Å². The lowest BCUT2D eigenvalue weighted by Gasteiger charge is -2.35. The average Bonchev–Trinajstić information content (AvgIpc) is 2.10. The Morgan fingerprint density at radius 1 is 0.571 bits per heavy atom. The van der Waals surface area contributed by atoms with Crippen molar-refractivity contribution in [1.29, 1.82) is 0 Å². The number of nitrogens with zero attached hydrogens (tertiary/aromatic N) is 4. The molecule has 2 aromatic rings. The second-order valence-corrected chi connectivity index (χ2v) is 27.9. The maximum absolute atomic E-state index is 14.6. The zero-order valence-electron chi connectivity index (χ0n) is 50.3. The Bertz CT molecular complexity index is 2540. The highest BCUT2D eigenvalue weighted by Gasteiger charge is 2.57. The molecule has 22 heteroatoms. The Labute approximate surface area is 503 Å². The smallest absolute Gasteiger partial charge is 0.407 e. The lowest BCUT2D eigenvalue weighted by molar-refractivity contribution is -0.144. The maximum Gasteiger partial charge on any atom is 0.407 e. The molecule has 0 aromatic heterocycles. The van der Waals surface area contributed by atoms with Gasteiger partial charge in [-0.1, -0.05) is 128 Å². The minimum absolute atomic E-state index is 0.240. The minimum Gasteiger partial charge on any atom is -0.465 e. The molecule has 12 atom stereocenters. The number of fused-ring (bicyclic) bond motifs is 4. The van der Waals surface area contributed by atoms with Gasteiger partial charge in [0.05, 0.1) is 35.0 Å². The number of likely N-dealkylation sites (N-methyl/N-ethyl adjacent to an activating group) is 2. The van der Waals surface area contributed by atoms with Crippen molar-refractivity contribution in [3.8, 4) is 0 Å². The summed E-state index contributed by atoms with van der Waals surface area (Å²) in [6.07, 6.45) is 11.0. The topological polar surface area (TPSA) is 257 Å². The van der Waals surface area contributed by atoms with Gasteiger partial charge in [-0.15, -0.1) is 23.5 Å². The van der Waals surface area contributed by atoms with Crippen molar-refractivity contribution in [2.75, 3.05) is 38.8 Å². The molecule has 6 aliphatic rings. The Balaban J connectivity index is 0.739. The maximum atomic E-state index is 14.6. The van der Waals surface area contributed by atoms with Crippen molar-refractivity contribution in [3.63, 3.8) is 0 Å². The first-order valence-electron chi connectivity index (χ1n) is 30.4. The second kappa shape index (κ2) is 28.3. The van der Waals surface area contributed by atoms with Crippen molar-refractivity contribution in [1.82, 2.24) is 40.9 Å². The van der Waals surface area contributed by atoms with Crippen molar-refractivity contribution in [2.45, 2.75) is 216 Å². The van der Waals surface area contributed by atoms with Crippen LogP contribution in [0.5, 0.6) is 0 Å². The van der Waals surface area contributed by atoms with Crippen molar-refractivity contribution >= 4 is 71.2 Å². The number of rotatable bonds is 25. The molecule has 0 saturated carbocycles. The Kier molecular flexibility index (Phi) is 21.7. The fourth-order valence-electron chi connectivity index (χ4n) is 13.3. The van der Waals surface area contributed by atoms with Gasteiger partial charge in [0.2, 0.25) is 35.4 Å². The van der Waals surface area contributed by atoms with E-state index in [0.29, 0.717) is 63.2 Å². The molecule has 0 spiro atoms. The average molecular weight is 1200 g/mol. The van der Waals surface area contributed by atoms with Gasteiger partial charge in [-0.25, -0.2) is 9.59 Å². The Morgan fingerprint density at radius 2 is 0.917 bits per heavy atom. The van der Waals surface area contributed by atoms with Gasteiger partial charge in [-0.2, -0.15) is 0 Å². The first-order valence-corrected chi connectivity index (χ1v) is 32.5. The van der Waals surface area contributed by atoms with Crippen LogP contribution in [-0.4, -0.2) is 175 Å². The molecule has 20 nitrogen and oxygen atoms in total. The summed E-state index contributed by atoms with van der Waals surface area (Å²) < 4.78 is 13.1. The fraction of sp³-hybridized carbons (Fsp3) is 0.677. The summed E-state index contributed by atoms with van der Waals surface area (Å²) in [5, 5.41) is 30.6. The number of unbranched alkanes of at least 4 members (excludes halogenated alkanes) is 9. The number of nitrogens with one attached hydrogen (secondary N) is 4. The number of carboxylic acid groups (broad SMARTS) is 2. The molecular formula is C62H90N8O12S2. The molecule has 462 valence electrons. The third-order valence-corrected chi connectivity index (χ3v) is 20.9. The number of carbonyl (C=O) groups excluding carboxylic acids is 6. The van der Waals surface area contributed by atoms with Crippen molar-refractivity contribution in [2.24, 2.45) is 10.8 Å². The van der Waals surface area contributed by atoms with E-state index in [1.807, 2.05) is 64.1 Å². The van der Waals surface area contributed by atoms with E-state index in [9.17, 15) is 48.6 Å². The fourth-order valence-corrected chi connectivity index (χ4v) is 16.4. The van der Waals surface area contributed by atoms with Gasteiger partial charge in [-0.05, 0) is 97.0 Å². The number of thioether (sulfide) groups is 2. The lowest BCUT2D eigenvalue weighted by atomic mass is 9.83. The molecule has 84 heavy (non-hydrogen) atoms. The lowest BCUT2D eigenvalue weighted by Crippen LogP contribution is -2.58. The number of carbonyl (C=O) groups is 8. The predicted molar refractivity (Wildman–Crippen MR) is 322 cm³/mol. The number of benzene rings is 2. The summed E-state index contributed by atoms with van der Waals surface area (Å²) in [6, 6.07) is 10.0. The van der Waals surface area contributed by atoms with Gasteiger partial charge >= 0.3 is 12.2 Å². The van der Waals surface area contributed by atoms with Crippen LogP contribution in [0.4, 0.5) is 9.59 Å². The number of hydrogen-bond donors (Lipinski definition) is 6. The first kappa shape index (κ1) is 64.4. The summed E-state index contributed by atoms with van der Waals surface area (Å²) in [5.41, 5.74) is 3.18. The standard InChI is InChI=1S/C62H90N8O12S2/c1-37(67(7)59(77)78)53(71)63-43-27-31-83-47-35-61(3,4)51(69(47)57(43)75)55(73)65-49-41-25-19-17-23-39(41)33-45(49)81-29-21-15-13-11-9-10-12-14-16-22-30-82-46-34-40-24-18-20-26-42(40)50(46)66-56(74)52-62(5,6)36-48-70(52)58(76)44(28-32-84-48)64-54(72)38(2)68(8)60(79)80/h17-20,23-26,37-38,43-52H,9-16,21-22,27-36H2,1-8H3,(H,63,71)(H,64,72)(H,65,73)(H,66,74)(H,77,78)(H,79,80)/t37?,38?,43-,44-,45+,46+,47-,48-,49-,50-,51+,52+/m0/s1. The van der Waals surface area contributed by atoms with Crippen LogP contribution in [0.25, 0.3) is 0 Å². The summed E-state index contributed by atoms with van der Waals surface area (Å²) in [6.45, 7) is 12.1. The highest BCUT2D eigenvalue weighted by molar-refractivity contribution is 8.00. The quantitative estimate of drug-likeness (QED) is 0.0523. The van der Waals surface area contributed by atoms with Crippen LogP contribution in [0, 0.1) is 10.8 Å². The van der Waals surface area contributed by atoms with Crippen LogP contribution in [-0.2, 0) is 51.1 Å². The van der Waals surface area contributed by atoms with E-state index in [1.54, 1.807) is 33.3 Å². The summed E-state index contributed by atoms with van der Waals surface area (Å²) >= 11 is 3.22. The van der Waals surface area contributed by atoms with Crippen LogP contribution in [0.1, 0.15) is 166 Å². The van der Waals surface area contributed by atoms with E-state index < -0.39 is 71.1 Å². The number of hydrogen-bond acceptors (Lipinski definition) is 12. The highest BCUT2D eigenvalue weighted by atomic mass is 32.2. The highest BCUT2D eigenvalue weighted by Crippen LogP contribution is 2.49. The molecule has 8 amide bonds. The van der Waals surface area contributed by atoms with Gasteiger partial charge in [-0.3, -0.25) is 38.6 Å². The van der Waals surface area contributed by atoms with E-state index in [1.165, 1.54) is 27.9 Å². The summed E-state index contributed by atoms with van der Waals surface area (Å²) in [5.74, 6) is -1.09. The molecule has 8 rings (SSSR count). The number of ether oxygens (including phenoxy) is 2. The second-order valence-electron chi connectivity index (χ2n) is 25.3. The molecule has 2 unspecified atom stereocenters. The van der Waals surface area contributed by atoms with Crippen LogP contribution < -0.4 is 21.3 Å². The molecule has 4 aliphatic heterocycles. The monoisotopic (exact) mass is 1200 g/mol. The minimum atomic E-state index is -1.25. The summed E-state index contributed by atoms with van der Waals surface area (Å²) in [7, 11) is 2.63. The van der Waals surface area contributed by atoms with Gasteiger partial charge < -0.3 is 50.8 Å². The molecule has 4 saturated heterocycles. The van der Waals surface area contributed by atoms with E-state index in [-0.39, 0.29) is 58.7 Å². The SMILES string of the molecule is CC(C(=O)N[C@H]1CCS[C@H]2CC(C)(C)[C@@H](C(=O)N[C@H]3c4ccccc4C[C@H]3OCCCCCCCCCCCCO[C@@H]3Cc4ccccc4[C@@H]3NC(=O)[C@H]3N4C(=O)[C@@H](NC(=O)C(C)N(C)C(=O)O)CCS[C@H]4CC3(C)C)N2C1=O)N(C)C(=O)O. The zero-order chi connectivity index (χ0) is 60.6. The van der Waals surface area contributed by atoms with Gasteiger partial charge in [0, 0.05) is 40.2 Å². The van der Waals surface area contributed by atoms with Crippen LogP contribution in [0.15, 0.2) is 48.5 Å². The van der Waals surface area contributed by atoms with Crippen LogP contribution in [0.3, 0.4) is 0 Å². The van der Waals surface area contributed by atoms with E-state index in [0.717, 1.165) is 96.3 Å². The Morgan fingerprint density at radius 3 is 1.27 bits per heavy atom. The first-order chi connectivity index (χ1) is 40.0. The zero-order valence-corrected chi connectivity index (χ0v) is 51.9. The Hall–Kier alpha value is -5.58. The normalized spacial score (nSPS) is 27.2. The molecule has 4 heterocycles. The van der Waals surface area contributed by atoms with Gasteiger partial charge in [0.25, 0.3) is 0 Å². The largest absolute Gasteiger partial charge is 0.465 e. The molecule has 0 bridgehead atoms. The van der Waals surface area contributed by atoms with Gasteiger partial charge in [0.1, 0.15) is 36.3 Å². The third kappa shape index (κ3) is 14.8. The predicted octanol–water partition coefficient (Wildman–Crippen LogP) is 7.63. The molecule has 2 aromatic carbocycles. The molecule has 0 radical (unpaired) electrons. The van der Waals surface area contributed by atoms with Crippen LogP contribution in [0.2, 0.25) is 0 Å². The molecule has 2 aliphatic carbocycles. The van der Waals surface area contributed by atoms with Gasteiger partial charge in [0.15, 0.2) is 0 Å². The summed E-state index contributed by atoms with van der Waals surface area (Å²) in [4.78, 5) is 112. The molecule has 4 fully saturated rings. The third-order valence-electron chi connectivity index (χ3n) is 18.4. The molecular weight excluding hydrogens is 1110 g/mol. The van der Waals surface area contributed by atoms with Crippen molar-refractivity contribution in [3.05, 3.63) is 70.8 Å². The number of amides is 8. The van der Waals surface area contributed by atoms with Crippen molar-refractivity contribution < 1.29 is 58.0 Å². The van der Waals surface area contributed by atoms with Crippen LogP contribution >= 0.6 is 23.5 Å².